The van der Waals surface area contributed by atoms with Crippen LogP contribution in [0.2, 0.25) is 0 Å². The van der Waals surface area contributed by atoms with Gasteiger partial charge in [-0.25, -0.2) is 0 Å². The lowest BCUT2D eigenvalue weighted by Gasteiger charge is -2.44. The van der Waals surface area contributed by atoms with Crippen molar-refractivity contribution >= 4 is 29.8 Å². The molecule has 0 saturated carbocycles. The average Bonchev–Trinajstić information content (AvgIpc) is 2.56. The number of esters is 4. The minimum Gasteiger partial charge on any atom is -0.463 e. The number of carbonyl (C=O) groups is 5. The first-order valence-corrected chi connectivity index (χ1v) is 8.40. The zero-order valence-corrected chi connectivity index (χ0v) is 16.3. The molecule has 1 aliphatic heterocycles. The molecule has 170 valence electrons. The fraction of sp³-hybridized carbons (Fsp3) is 0.688. The summed E-state index contributed by atoms with van der Waals surface area (Å²) >= 11 is 0. The maximum Gasteiger partial charge on any atom is 0.471 e. The molecular weight excluding hydrogens is 423 g/mol. The summed E-state index contributed by atoms with van der Waals surface area (Å²) in [5, 5.41) is 1.56. The molecule has 1 rings (SSSR count). The van der Waals surface area contributed by atoms with Crippen LogP contribution in [0.25, 0.3) is 0 Å². The number of amides is 1. The summed E-state index contributed by atoms with van der Waals surface area (Å²) in [6.45, 7) is 3.15. The molecule has 1 fully saturated rings. The van der Waals surface area contributed by atoms with Gasteiger partial charge in [-0.05, 0) is 0 Å². The van der Waals surface area contributed by atoms with E-state index in [1.165, 1.54) is 0 Å². The van der Waals surface area contributed by atoms with E-state index in [4.69, 9.17) is 23.7 Å². The van der Waals surface area contributed by atoms with E-state index in [9.17, 15) is 37.1 Å². The molecule has 5 atom stereocenters. The molecule has 1 saturated heterocycles. The fourth-order valence-corrected chi connectivity index (χ4v) is 2.57. The monoisotopic (exact) mass is 443 g/mol. The number of nitrogens with one attached hydrogen (secondary N) is 1. The third kappa shape index (κ3) is 7.50. The summed E-state index contributed by atoms with van der Waals surface area (Å²) in [6.07, 6.45) is -12.2. The number of alkyl halides is 3. The summed E-state index contributed by atoms with van der Waals surface area (Å²) < 4.78 is 63.3. The topological polar surface area (TPSA) is 144 Å². The van der Waals surface area contributed by atoms with Crippen LogP contribution in [0.5, 0.6) is 0 Å². The van der Waals surface area contributed by atoms with Crippen molar-refractivity contribution in [2.75, 3.05) is 6.61 Å². The maximum atomic E-state index is 12.8. The van der Waals surface area contributed by atoms with Gasteiger partial charge in [-0.1, -0.05) is 0 Å². The molecular formula is C16H20F3NO10. The Morgan fingerprint density at radius 2 is 1.33 bits per heavy atom. The van der Waals surface area contributed by atoms with Crippen LogP contribution in [0.1, 0.15) is 27.7 Å². The van der Waals surface area contributed by atoms with Crippen LogP contribution in [0.3, 0.4) is 0 Å². The van der Waals surface area contributed by atoms with E-state index < -0.39 is 73.2 Å². The van der Waals surface area contributed by atoms with Gasteiger partial charge in [0, 0.05) is 27.7 Å². The van der Waals surface area contributed by atoms with Crippen molar-refractivity contribution in [3.05, 3.63) is 0 Å². The second-order valence-electron chi connectivity index (χ2n) is 6.10. The van der Waals surface area contributed by atoms with Gasteiger partial charge in [0.25, 0.3) is 0 Å². The lowest BCUT2D eigenvalue weighted by Crippen LogP contribution is -2.68. The fourth-order valence-electron chi connectivity index (χ4n) is 2.57. The predicted octanol–water partition coefficient (Wildman–Crippen LogP) is -0.252. The standard InChI is InChI=1S/C16H20F3NO10/c1-6(21)26-5-10-12(27-7(2)22)11(20-15(25)16(17,18)19)13(28-8(3)23)14(30-10)29-9(4)24/h10-14H,5H2,1-4H3,(H,20,25)/t10-,11-,12+,13+,14-/m0/s1. The van der Waals surface area contributed by atoms with E-state index in [0.29, 0.717) is 0 Å². The zero-order chi connectivity index (χ0) is 23.2. The van der Waals surface area contributed by atoms with Gasteiger partial charge in [0.1, 0.15) is 18.8 Å². The Morgan fingerprint density at radius 3 is 1.77 bits per heavy atom. The van der Waals surface area contributed by atoms with Gasteiger partial charge >= 0.3 is 36.0 Å². The third-order valence-corrected chi connectivity index (χ3v) is 3.54. The van der Waals surface area contributed by atoms with Gasteiger partial charge < -0.3 is 29.0 Å². The van der Waals surface area contributed by atoms with E-state index in [0.717, 1.165) is 27.7 Å². The SMILES string of the molecule is CC(=O)OC[C@@H]1O[C@H](OC(C)=O)[C@H](OC(C)=O)[C@@H](NC(=O)C(F)(F)F)[C@@H]1OC(C)=O. The van der Waals surface area contributed by atoms with E-state index in [1.54, 1.807) is 5.32 Å². The normalized spacial score (nSPS) is 26.2. The molecule has 0 aromatic rings. The lowest BCUT2D eigenvalue weighted by atomic mass is 9.95. The second kappa shape index (κ2) is 10.2. The first kappa shape index (κ1) is 25.1. The summed E-state index contributed by atoms with van der Waals surface area (Å²) in [5.74, 6) is -6.23. The molecule has 1 heterocycles. The molecule has 0 bridgehead atoms. The Balaban J connectivity index is 3.41. The van der Waals surface area contributed by atoms with Gasteiger partial charge in [-0.3, -0.25) is 24.0 Å². The van der Waals surface area contributed by atoms with Crippen LogP contribution in [0.15, 0.2) is 0 Å². The summed E-state index contributed by atoms with van der Waals surface area (Å²) in [7, 11) is 0. The largest absolute Gasteiger partial charge is 0.471 e. The lowest BCUT2D eigenvalue weighted by molar-refractivity contribution is -0.278. The number of carbonyl (C=O) groups excluding carboxylic acids is 5. The van der Waals surface area contributed by atoms with Crippen molar-refractivity contribution in [3.63, 3.8) is 0 Å². The predicted molar refractivity (Wildman–Crippen MR) is 86.2 cm³/mol. The summed E-state index contributed by atoms with van der Waals surface area (Å²) in [5.41, 5.74) is 0. The van der Waals surface area contributed by atoms with Crippen molar-refractivity contribution in [2.24, 2.45) is 0 Å². The first-order chi connectivity index (χ1) is 13.7. The Hall–Kier alpha value is -2.90. The molecule has 1 N–H and O–H groups in total. The summed E-state index contributed by atoms with van der Waals surface area (Å²) in [4.78, 5) is 57.0. The molecule has 0 unspecified atom stereocenters. The number of rotatable bonds is 6. The van der Waals surface area contributed by atoms with Gasteiger partial charge in [-0.15, -0.1) is 0 Å². The smallest absolute Gasteiger partial charge is 0.463 e. The van der Waals surface area contributed by atoms with Crippen molar-refractivity contribution in [2.45, 2.75) is 64.5 Å². The van der Waals surface area contributed by atoms with Gasteiger partial charge in [0.05, 0.1) is 0 Å². The van der Waals surface area contributed by atoms with E-state index >= 15 is 0 Å². The van der Waals surface area contributed by atoms with Crippen LogP contribution in [0, 0.1) is 0 Å². The Morgan fingerprint density at radius 1 is 0.833 bits per heavy atom. The third-order valence-electron chi connectivity index (χ3n) is 3.54. The molecule has 14 heteroatoms. The molecule has 30 heavy (non-hydrogen) atoms. The van der Waals surface area contributed by atoms with Crippen LogP contribution in [0.4, 0.5) is 13.2 Å². The number of hydrogen-bond acceptors (Lipinski definition) is 10. The van der Waals surface area contributed by atoms with E-state index in [1.807, 2.05) is 0 Å². The maximum absolute atomic E-state index is 12.8. The van der Waals surface area contributed by atoms with Gasteiger partial charge in [0.2, 0.25) is 6.29 Å². The second-order valence-corrected chi connectivity index (χ2v) is 6.10. The summed E-state index contributed by atoms with van der Waals surface area (Å²) in [6, 6.07) is -1.87. The number of ether oxygens (including phenoxy) is 5. The van der Waals surface area contributed by atoms with Crippen molar-refractivity contribution in [1.29, 1.82) is 0 Å². The van der Waals surface area contributed by atoms with Crippen LogP contribution in [-0.2, 0) is 47.7 Å². The van der Waals surface area contributed by atoms with E-state index in [2.05, 4.69) is 0 Å². The molecule has 0 aliphatic carbocycles. The molecule has 11 nitrogen and oxygen atoms in total. The highest BCUT2D eigenvalue weighted by Crippen LogP contribution is 2.29. The Bertz CT molecular complexity index is 695. The Labute approximate surface area is 168 Å². The van der Waals surface area contributed by atoms with Gasteiger partial charge in [0.15, 0.2) is 12.2 Å². The molecule has 0 spiro atoms. The van der Waals surface area contributed by atoms with Gasteiger partial charge in [-0.2, -0.15) is 13.2 Å². The first-order valence-electron chi connectivity index (χ1n) is 8.40. The minimum atomic E-state index is -5.35. The average molecular weight is 443 g/mol. The Kier molecular flexibility index (Phi) is 8.57. The molecule has 1 amide bonds. The zero-order valence-electron chi connectivity index (χ0n) is 16.3. The van der Waals surface area contributed by atoms with Crippen molar-refractivity contribution in [1.82, 2.24) is 5.32 Å². The van der Waals surface area contributed by atoms with Crippen LogP contribution < -0.4 is 5.32 Å². The quantitative estimate of drug-likeness (QED) is 0.431. The molecule has 1 aliphatic rings. The number of hydrogen-bond donors (Lipinski definition) is 1. The highest BCUT2D eigenvalue weighted by Gasteiger charge is 2.54. The molecule has 0 aromatic carbocycles. The highest BCUT2D eigenvalue weighted by molar-refractivity contribution is 5.82. The van der Waals surface area contributed by atoms with E-state index in [-0.39, 0.29) is 0 Å². The molecule has 0 radical (unpaired) electrons. The highest BCUT2D eigenvalue weighted by atomic mass is 19.4. The van der Waals surface area contributed by atoms with Crippen LogP contribution >= 0.6 is 0 Å². The van der Waals surface area contributed by atoms with Crippen LogP contribution in [-0.4, -0.2) is 73.2 Å². The van der Waals surface area contributed by atoms with Crippen molar-refractivity contribution < 1.29 is 60.8 Å². The molecule has 0 aromatic heterocycles. The van der Waals surface area contributed by atoms with Crippen molar-refractivity contribution in [3.8, 4) is 0 Å². The minimum absolute atomic E-state index is 0.643. The number of halogens is 3.